The van der Waals surface area contributed by atoms with Crippen molar-refractivity contribution in [2.45, 2.75) is 50.7 Å². The molecule has 2 unspecified atom stereocenters. The summed E-state index contributed by atoms with van der Waals surface area (Å²) in [6.07, 6.45) is 7.01. The molecule has 0 spiro atoms. The van der Waals surface area contributed by atoms with Crippen LogP contribution in [0.3, 0.4) is 0 Å². The number of nitrogens with two attached hydrogens (primary N) is 1. The van der Waals surface area contributed by atoms with Crippen molar-refractivity contribution in [1.29, 1.82) is 0 Å². The molecule has 1 aliphatic carbocycles. The van der Waals surface area contributed by atoms with Gasteiger partial charge in [0, 0.05) is 19.7 Å². The second-order valence-corrected chi connectivity index (χ2v) is 5.60. The van der Waals surface area contributed by atoms with Gasteiger partial charge in [-0.3, -0.25) is 4.90 Å². The summed E-state index contributed by atoms with van der Waals surface area (Å²) in [6.45, 7) is 4.96. The maximum atomic E-state index is 6.01. The summed E-state index contributed by atoms with van der Waals surface area (Å²) in [4.78, 5) is 2.49. The highest BCUT2D eigenvalue weighted by Gasteiger charge is 2.44. The maximum Gasteiger partial charge on any atom is 0.0743 e. The van der Waals surface area contributed by atoms with Gasteiger partial charge in [0.05, 0.1) is 11.6 Å². The van der Waals surface area contributed by atoms with Gasteiger partial charge in [0.2, 0.25) is 0 Å². The van der Waals surface area contributed by atoms with E-state index in [1.165, 1.54) is 32.2 Å². The molecule has 0 amide bonds. The molecule has 0 aromatic carbocycles. The van der Waals surface area contributed by atoms with Crippen molar-refractivity contribution in [2.75, 3.05) is 26.7 Å². The minimum absolute atomic E-state index is 0.0998. The fourth-order valence-corrected chi connectivity index (χ4v) is 3.46. The minimum atomic E-state index is 0.0998. The van der Waals surface area contributed by atoms with E-state index in [1.54, 1.807) is 0 Å². The van der Waals surface area contributed by atoms with Gasteiger partial charge in [-0.2, -0.15) is 0 Å². The van der Waals surface area contributed by atoms with Crippen molar-refractivity contribution >= 4 is 0 Å². The van der Waals surface area contributed by atoms with E-state index in [2.05, 4.69) is 18.9 Å². The van der Waals surface area contributed by atoms with Crippen LogP contribution in [-0.4, -0.2) is 43.3 Å². The molecular formula is C13H26N2O. The number of hydrogen-bond donors (Lipinski definition) is 1. The summed E-state index contributed by atoms with van der Waals surface area (Å²) in [7, 11) is 2.23. The molecule has 2 rings (SSSR count). The van der Waals surface area contributed by atoms with Gasteiger partial charge in [-0.25, -0.2) is 0 Å². The monoisotopic (exact) mass is 226 g/mol. The predicted octanol–water partition coefficient (Wildman–Crippen LogP) is 1.61. The molecule has 0 aromatic heterocycles. The van der Waals surface area contributed by atoms with Gasteiger partial charge in [0.25, 0.3) is 0 Å². The zero-order valence-electron chi connectivity index (χ0n) is 10.7. The van der Waals surface area contributed by atoms with Gasteiger partial charge >= 0.3 is 0 Å². The second-order valence-electron chi connectivity index (χ2n) is 5.60. The molecule has 1 heterocycles. The Morgan fingerprint density at radius 1 is 1.38 bits per heavy atom. The van der Waals surface area contributed by atoms with Crippen molar-refractivity contribution in [3.8, 4) is 0 Å². The SMILES string of the molecule is CC1OCCC1(CN)N(C)CC1CCCC1. The van der Waals surface area contributed by atoms with E-state index in [0.29, 0.717) is 0 Å². The predicted molar refractivity (Wildman–Crippen MR) is 66.4 cm³/mol. The normalized spacial score (nSPS) is 36.4. The van der Waals surface area contributed by atoms with Gasteiger partial charge in [-0.15, -0.1) is 0 Å². The van der Waals surface area contributed by atoms with Crippen LogP contribution in [0.1, 0.15) is 39.0 Å². The van der Waals surface area contributed by atoms with E-state index in [1.807, 2.05) is 0 Å². The lowest BCUT2D eigenvalue weighted by Crippen LogP contribution is -2.57. The molecular weight excluding hydrogens is 200 g/mol. The molecule has 16 heavy (non-hydrogen) atoms. The van der Waals surface area contributed by atoms with Gasteiger partial charge in [0.15, 0.2) is 0 Å². The van der Waals surface area contributed by atoms with Crippen molar-refractivity contribution in [2.24, 2.45) is 11.7 Å². The lowest BCUT2D eigenvalue weighted by Gasteiger charge is -2.41. The fraction of sp³-hybridized carbons (Fsp3) is 1.00. The summed E-state index contributed by atoms with van der Waals surface area (Å²) in [5.41, 5.74) is 6.11. The van der Waals surface area contributed by atoms with Gasteiger partial charge < -0.3 is 10.5 Å². The minimum Gasteiger partial charge on any atom is -0.376 e. The highest BCUT2D eigenvalue weighted by atomic mass is 16.5. The standard InChI is InChI=1S/C13H26N2O/c1-11-13(10-14,7-8-16-11)15(2)9-12-5-3-4-6-12/h11-12H,3-10,14H2,1-2H3. The van der Waals surface area contributed by atoms with Crippen LogP contribution in [0.2, 0.25) is 0 Å². The van der Waals surface area contributed by atoms with Crippen LogP contribution in [0, 0.1) is 5.92 Å². The number of ether oxygens (including phenoxy) is 1. The molecule has 2 N–H and O–H groups in total. The molecule has 3 nitrogen and oxygen atoms in total. The maximum absolute atomic E-state index is 6.01. The van der Waals surface area contributed by atoms with Crippen molar-refractivity contribution < 1.29 is 4.74 Å². The lowest BCUT2D eigenvalue weighted by molar-refractivity contribution is 0.0215. The van der Waals surface area contributed by atoms with E-state index >= 15 is 0 Å². The molecule has 0 aromatic rings. The molecule has 2 aliphatic rings. The highest BCUT2D eigenvalue weighted by molar-refractivity contribution is 5.00. The van der Waals surface area contributed by atoms with E-state index in [0.717, 1.165) is 25.5 Å². The third-order valence-corrected chi connectivity index (χ3v) is 4.78. The van der Waals surface area contributed by atoms with Crippen LogP contribution >= 0.6 is 0 Å². The van der Waals surface area contributed by atoms with Crippen LogP contribution in [-0.2, 0) is 4.74 Å². The Hall–Kier alpha value is -0.120. The summed E-state index contributed by atoms with van der Waals surface area (Å²) < 4.78 is 5.72. The first kappa shape index (κ1) is 12.3. The zero-order chi connectivity index (χ0) is 11.6. The molecule has 0 bridgehead atoms. The number of nitrogens with zero attached hydrogens (tertiary/aromatic N) is 1. The topological polar surface area (TPSA) is 38.5 Å². The van der Waals surface area contributed by atoms with E-state index in [9.17, 15) is 0 Å². The van der Waals surface area contributed by atoms with Crippen molar-refractivity contribution in [1.82, 2.24) is 4.90 Å². The van der Waals surface area contributed by atoms with Gasteiger partial charge in [-0.05, 0) is 39.2 Å². The number of rotatable bonds is 4. The van der Waals surface area contributed by atoms with Gasteiger partial charge in [0.1, 0.15) is 0 Å². The molecule has 1 aliphatic heterocycles. The Morgan fingerprint density at radius 3 is 2.56 bits per heavy atom. The molecule has 94 valence electrons. The molecule has 1 saturated carbocycles. The van der Waals surface area contributed by atoms with Crippen LogP contribution < -0.4 is 5.73 Å². The van der Waals surface area contributed by atoms with Crippen LogP contribution in [0.4, 0.5) is 0 Å². The highest BCUT2D eigenvalue weighted by Crippen LogP contribution is 2.33. The Kier molecular flexibility index (Phi) is 3.88. The third kappa shape index (κ3) is 2.13. The molecule has 2 atom stereocenters. The fourth-order valence-electron chi connectivity index (χ4n) is 3.46. The van der Waals surface area contributed by atoms with Crippen LogP contribution in [0.25, 0.3) is 0 Å². The number of likely N-dealkylation sites (N-methyl/N-ethyl adjacent to an activating group) is 1. The van der Waals surface area contributed by atoms with E-state index in [4.69, 9.17) is 10.5 Å². The Labute approximate surface area is 99.3 Å². The molecule has 3 heteroatoms. The second kappa shape index (κ2) is 5.03. The first-order chi connectivity index (χ1) is 7.69. The molecule has 0 radical (unpaired) electrons. The largest absolute Gasteiger partial charge is 0.376 e. The van der Waals surface area contributed by atoms with Crippen LogP contribution in [0.5, 0.6) is 0 Å². The van der Waals surface area contributed by atoms with Gasteiger partial charge in [-0.1, -0.05) is 12.8 Å². The average Bonchev–Trinajstić information content (AvgIpc) is 2.88. The summed E-state index contributed by atoms with van der Waals surface area (Å²) in [5, 5.41) is 0. The third-order valence-electron chi connectivity index (χ3n) is 4.78. The quantitative estimate of drug-likeness (QED) is 0.791. The number of hydrogen-bond acceptors (Lipinski definition) is 3. The average molecular weight is 226 g/mol. The summed E-state index contributed by atoms with van der Waals surface area (Å²) in [6, 6.07) is 0. The summed E-state index contributed by atoms with van der Waals surface area (Å²) in [5.74, 6) is 0.890. The van der Waals surface area contributed by atoms with Crippen LogP contribution in [0.15, 0.2) is 0 Å². The lowest BCUT2D eigenvalue weighted by atomic mass is 9.89. The first-order valence-electron chi connectivity index (χ1n) is 6.72. The van der Waals surface area contributed by atoms with E-state index in [-0.39, 0.29) is 11.6 Å². The van der Waals surface area contributed by atoms with Crippen molar-refractivity contribution in [3.63, 3.8) is 0 Å². The Bertz CT molecular complexity index is 228. The van der Waals surface area contributed by atoms with Crippen molar-refractivity contribution in [3.05, 3.63) is 0 Å². The smallest absolute Gasteiger partial charge is 0.0743 e. The first-order valence-corrected chi connectivity index (χ1v) is 6.72. The molecule has 1 saturated heterocycles. The molecule has 2 fully saturated rings. The summed E-state index contributed by atoms with van der Waals surface area (Å²) >= 11 is 0. The Morgan fingerprint density at radius 2 is 2.06 bits per heavy atom. The van der Waals surface area contributed by atoms with E-state index < -0.39 is 0 Å². The zero-order valence-corrected chi connectivity index (χ0v) is 10.7. The Balaban J connectivity index is 1.97.